The van der Waals surface area contributed by atoms with E-state index in [-0.39, 0.29) is 5.69 Å². The molecule has 18 heavy (non-hydrogen) atoms. The molecule has 3 nitrogen and oxygen atoms in total. The molecular formula is C14H11BrN2O. The van der Waals surface area contributed by atoms with Gasteiger partial charge in [0.05, 0.1) is 16.7 Å². The van der Waals surface area contributed by atoms with E-state index in [0.717, 1.165) is 26.8 Å². The van der Waals surface area contributed by atoms with Crippen molar-refractivity contribution in [3.8, 4) is 5.69 Å². The van der Waals surface area contributed by atoms with Crippen LogP contribution in [0, 0.1) is 6.92 Å². The molecule has 0 aliphatic heterocycles. The van der Waals surface area contributed by atoms with E-state index in [4.69, 9.17) is 0 Å². The maximum Gasteiger partial charge on any atom is 0.331 e. The second-order valence-electron chi connectivity index (χ2n) is 4.24. The van der Waals surface area contributed by atoms with Gasteiger partial charge in [0.25, 0.3) is 0 Å². The van der Waals surface area contributed by atoms with Crippen molar-refractivity contribution < 1.29 is 0 Å². The highest BCUT2D eigenvalue weighted by Crippen LogP contribution is 2.23. The number of para-hydroxylation sites is 1. The van der Waals surface area contributed by atoms with Gasteiger partial charge in [-0.25, -0.2) is 4.79 Å². The summed E-state index contributed by atoms with van der Waals surface area (Å²) in [7, 11) is 0. The minimum Gasteiger partial charge on any atom is -0.305 e. The number of benzene rings is 2. The van der Waals surface area contributed by atoms with Gasteiger partial charge in [0.15, 0.2) is 0 Å². The second kappa shape index (κ2) is 4.14. The van der Waals surface area contributed by atoms with Crippen LogP contribution in [0.25, 0.3) is 16.7 Å². The van der Waals surface area contributed by atoms with E-state index in [9.17, 15) is 4.79 Å². The second-order valence-corrected chi connectivity index (χ2v) is 5.09. The van der Waals surface area contributed by atoms with Gasteiger partial charge in [-0.3, -0.25) is 4.57 Å². The Balaban J connectivity index is 2.42. The Morgan fingerprint density at radius 2 is 1.94 bits per heavy atom. The number of imidazole rings is 1. The first-order valence-corrected chi connectivity index (χ1v) is 6.42. The van der Waals surface area contributed by atoms with Gasteiger partial charge in [0.1, 0.15) is 0 Å². The first kappa shape index (κ1) is 11.3. The molecule has 90 valence electrons. The highest BCUT2D eigenvalue weighted by Gasteiger charge is 2.10. The topological polar surface area (TPSA) is 37.8 Å². The molecule has 0 amide bonds. The summed E-state index contributed by atoms with van der Waals surface area (Å²) in [5.74, 6) is 0. The van der Waals surface area contributed by atoms with Gasteiger partial charge >= 0.3 is 5.69 Å². The zero-order chi connectivity index (χ0) is 12.7. The van der Waals surface area contributed by atoms with Crippen LogP contribution in [0.4, 0.5) is 0 Å². The number of aromatic amines is 1. The van der Waals surface area contributed by atoms with Crippen LogP contribution in [-0.4, -0.2) is 9.55 Å². The minimum atomic E-state index is -0.123. The van der Waals surface area contributed by atoms with E-state index in [1.54, 1.807) is 4.57 Å². The summed E-state index contributed by atoms with van der Waals surface area (Å²) in [5, 5.41) is 0. The molecule has 0 spiro atoms. The molecule has 1 aromatic heterocycles. The van der Waals surface area contributed by atoms with Crippen LogP contribution in [0.1, 0.15) is 5.56 Å². The fraction of sp³-hybridized carbons (Fsp3) is 0.0714. The highest BCUT2D eigenvalue weighted by atomic mass is 79.9. The lowest BCUT2D eigenvalue weighted by Crippen LogP contribution is -2.14. The number of fused-ring (bicyclic) bond motifs is 1. The summed E-state index contributed by atoms with van der Waals surface area (Å²) < 4.78 is 2.58. The average Bonchev–Trinajstić information content (AvgIpc) is 2.66. The van der Waals surface area contributed by atoms with Crippen molar-refractivity contribution in [2.75, 3.05) is 0 Å². The molecule has 4 heteroatoms. The Bertz CT molecular complexity index is 786. The summed E-state index contributed by atoms with van der Waals surface area (Å²) in [6.45, 7) is 2.02. The van der Waals surface area contributed by atoms with Crippen LogP contribution < -0.4 is 5.69 Å². The van der Waals surface area contributed by atoms with Gasteiger partial charge < -0.3 is 4.98 Å². The highest BCUT2D eigenvalue weighted by molar-refractivity contribution is 9.10. The van der Waals surface area contributed by atoms with E-state index < -0.39 is 0 Å². The Labute approximate surface area is 112 Å². The van der Waals surface area contributed by atoms with Crippen molar-refractivity contribution in [1.29, 1.82) is 0 Å². The largest absolute Gasteiger partial charge is 0.331 e. The molecule has 0 bridgehead atoms. The number of aromatic nitrogens is 2. The monoisotopic (exact) mass is 302 g/mol. The average molecular weight is 303 g/mol. The summed E-state index contributed by atoms with van der Waals surface area (Å²) in [6.07, 6.45) is 0. The van der Waals surface area contributed by atoms with Crippen LogP contribution in [0.2, 0.25) is 0 Å². The van der Waals surface area contributed by atoms with Crippen LogP contribution >= 0.6 is 15.9 Å². The molecule has 3 aromatic rings. The molecule has 0 saturated heterocycles. The first-order valence-electron chi connectivity index (χ1n) is 5.63. The number of aryl methyl sites for hydroxylation is 1. The molecule has 3 rings (SSSR count). The van der Waals surface area contributed by atoms with Gasteiger partial charge in [-0.1, -0.05) is 18.2 Å². The number of halogens is 1. The standard InChI is InChI=1S/C14H11BrN2O/c1-9-6-7-11-13(8-9)17(14(18)16-11)12-5-3-2-4-10(12)15/h2-8H,1H3,(H,16,18). The Hall–Kier alpha value is -1.81. The van der Waals surface area contributed by atoms with Crippen molar-refractivity contribution in [2.24, 2.45) is 0 Å². The molecule has 2 aromatic carbocycles. The van der Waals surface area contributed by atoms with Gasteiger partial charge in [-0.2, -0.15) is 0 Å². The lowest BCUT2D eigenvalue weighted by molar-refractivity contribution is 1.01. The zero-order valence-corrected chi connectivity index (χ0v) is 11.4. The normalized spacial score (nSPS) is 11.0. The van der Waals surface area contributed by atoms with Gasteiger partial charge in [0.2, 0.25) is 0 Å². The fourth-order valence-corrected chi connectivity index (χ4v) is 2.55. The number of rotatable bonds is 1. The Kier molecular flexibility index (Phi) is 2.59. The molecule has 0 saturated carbocycles. The summed E-state index contributed by atoms with van der Waals surface area (Å²) in [5.41, 5.74) is 3.59. The van der Waals surface area contributed by atoms with E-state index in [1.807, 2.05) is 49.4 Å². The van der Waals surface area contributed by atoms with Crippen molar-refractivity contribution in [3.05, 3.63) is 63.0 Å². The van der Waals surface area contributed by atoms with Crippen molar-refractivity contribution in [1.82, 2.24) is 9.55 Å². The fourth-order valence-electron chi connectivity index (χ4n) is 2.09. The number of hydrogen-bond donors (Lipinski definition) is 1. The summed E-state index contributed by atoms with van der Waals surface area (Å²) in [6, 6.07) is 13.6. The predicted octanol–water partition coefficient (Wildman–Crippen LogP) is 3.39. The molecule has 1 heterocycles. The number of nitrogens with zero attached hydrogens (tertiary/aromatic N) is 1. The Morgan fingerprint density at radius 3 is 2.72 bits per heavy atom. The van der Waals surface area contributed by atoms with Gasteiger partial charge in [-0.05, 0) is 52.7 Å². The summed E-state index contributed by atoms with van der Waals surface area (Å²) in [4.78, 5) is 15.0. The third-order valence-corrected chi connectivity index (χ3v) is 3.60. The number of H-pyrrole nitrogens is 1. The number of nitrogens with one attached hydrogen (secondary N) is 1. The molecule has 0 fully saturated rings. The van der Waals surface area contributed by atoms with E-state index in [0.29, 0.717) is 0 Å². The van der Waals surface area contributed by atoms with Crippen LogP contribution in [0.3, 0.4) is 0 Å². The lowest BCUT2D eigenvalue weighted by atomic mass is 10.2. The third kappa shape index (κ3) is 1.69. The molecule has 1 N–H and O–H groups in total. The molecular weight excluding hydrogens is 292 g/mol. The van der Waals surface area contributed by atoms with Gasteiger partial charge in [0, 0.05) is 4.47 Å². The van der Waals surface area contributed by atoms with E-state index >= 15 is 0 Å². The SMILES string of the molecule is Cc1ccc2[nH]c(=O)n(-c3ccccc3Br)c2c1. The van der Waals surface area contributed by atoms with Crippen molar-refractivity contribution in [3.63, 3.8) is 0 Å². The molecule has 0 aliphatic rings. The van der Waals surface area contributed by atoms with Gasteiger partial charge in [-0.15, -0.1) is 0 Å². The zero-order valence-electron chi connectivity index (χ0n) is 9.77. The molecule has 0 radical (unpaired) electrons. The first-order chi connectivity index (χ1) is 8.66. The maximum absolute atomic E-state index is 12.1. The smallest absolute Gasteiger partial charge is 0.305 e. The van der Waals surface area contributed by atoms with Crippen LogP contribution in [-0.2, 0) is 0 Å². The van der Waals surface area contributed by atoms with Crippen LogP contribution in [0.5, 0.6) is 0 Å². The van der Waals surface area contributed by atoms with E-state index in [1.165, 1.54) is 0 Å². The molecule has 0 atom stereocenters. The molecule has 0 unspecified atom stereocenters. The minimum absolute atomic E-state index is 0.123. The third-order valence-electron chi connectivity index (χ3n) is 2.93. The molecule has 0 aliphatic carbocycles. The number of hydrogen-bond acceptors (Lipinski definition) is 1. The lowest BCUT2D eigenvalue weighted by Gasteiger charge is -2.06. The predicted molar refractivity (Wildman–Crippen MR) is 76.3 cm³/mol. The van der Waals surface area contributed by atoms with Crippen molar-refractivity contribution in [2.45, 2.75) is 6.92 Å². The summed E-state index contributed by atoms with van der Waals surface area (Å²) >= 11 is 3.48. The maximum atomic E-state index is 12.1. The van der Waals surface area contributed by atoms with Crippen molar-refractivity contribution >= 4 is 27.0 Å². The van der Waals surface area contributed by atoms with E-state index in [2.05, 4.69) is 20.9 Å². The quantitative estimate of drug-likeness (QED) is 0.735. The van der Waals surface area contributed by atoms with Crippen LogP contribution in [0.15, 0.2) is 51.7 Å². The Morgan fingerprint density at radius 1 is 1.17 bits per heavy atom.